The molecule has 2 spiro atoms. The fourth-order valence-corrected chi connectivity index (χ4v) is 9.78. The predicted molar refractivity (Wildman–Crippen MR) is 181 cm³/mol. The van der Waals surface area contributed by atoms with Gasteiger partial charge in [0.2, 0.25) is 0 Å². The highest BCUT2D eigenvalue weighted by molar-refractivity contribution is 5.88. The van der Waals surface area contributed by atoms with Crippen LogP contribution < -0.4 is 0 Å². The van der Waals surface area contributed by atoms with Crippen molar-refractivity contribution in [2.24, 2.45) is 17.8 Å². The molecule has 47 heavy (non-hydrogen) atoms. The van der Waals surface area contributed by atoms with Crippen LogP contribution in [0.5, 0.6) is 0 Å². The van der Waals surface area contributed by atoms with Crippen LogP contribution in [0.15, 0.2) is 91.0 Å². The summed E-state index contributed by atoms with van der Waals surface area (Å²) in [6.45, 7) is 4.59. The standard InChI is InChI=1S/C41H49NO5/c1-3-5-9-24-32-27-34(43)35-33(17-4-2)38-40(35,42(32)39(44)45-28-29-18-10-6-11-19-29)25-16-26-41(38)46-36(30-20-12-7-13-21-30)37(47-41)31-22-14-8-15-23-31/h6-8,10-15,18-23,32-33,35-38H,3-5,9,16-17,24-28H2,1-2H3/t32-,33?,35-,36-,37-,38+,40-/m1/s1. The van der Waals surface area contributed by atoms with Crippen LogP contribution in [0.2, 0.25) is 0 Å². The normalized spacial score (nSPS) is 30.8. The Hall–Kier alpha value is -3.48. The van der Waals surface area contributed by atoms with Gasteiger partial charge in [-0.2, -0.15) is 0 Å². The number of nitrogens with zero attached hydrogens (tertiary/aromatic N) is 1. The van der Waals surface area contributed by atoms with Crippen LogP contribution in [-0.4, -0.2) is 34.1 Å². The minimum atomic E-state index is -0.918. The van der Waals surface area contributed by atoms with Gasteiger partial charge in [0.15, 0.2) is 5.79 Å². The van der Waals surface area contributed by atoms with E-state index in [0.29, 0.717) is 12.2 Å². The molecule has 4 fully saturated rings. The number of piperidine rings is 1. The van der Waals surface area contributed by atoms with Crippen molar-refractivity contribution in [3.8, 4) is 0 Å². The second-order valence-electron chi connectivity index (χ2n) is 14.2. The van der Waals surface area contributed by atoms with Gasteiger partial charge < -0.3 is 14.2 Å². The van der Waals surface area contributed by atoms with E-state index in [0.717, 1.165) is 74.5 Å². The number of hydrogen-bond donors (Lipinski definition) is 0. The van der Waals surface area contributed by atoms with Gasteiger partial charge >= 0.3 is 6.09 Å². The van der Waals surface area contributed by atoms with Crippen molar-refractivity contribution in [3.05, 3.63) is 108 Å². The predicted octanol–water partition coefficient (Wildman–Crippen LogP) is 9.36. The van der Waals surface area contributed by atoms with Gasteiger partial charge in [-0.3, -0.25) is 9.69 Å². The molecule has 2 saturated carbocycles. The summed E-state index contributed by atoms with van der Waals surface area (Å²) in [6.07, 6.45) is 7.60. The zero-order valence-electron chi connectivity index (χ0n) is 27.9. The second-order valence-corrected chi connectivity index (χ2v) is 14.2. The minimum Gasteiger partial charge on any atom is -0.445 e. The van der Waals surface area contributed by atoms with Gasteiger partial charge in [0.25, 0.3) is 0 Å². The van der Waals surface area contributed by atoms with Crippen LogP contribution in [-0.2, 0) is 25.6 Å². The van der Waals surface area contributed by atoms with Gasteiger partial charge in [0.05, 0.1) is 5.54 Å². The molecule has 1 unspecified atom stereocenters. The highest BCUT2D eigenvalue weighted by Crippen LogP contribution is 2.70. The van der Waals surface area contributed by atoms with E-state index in [2.05, 4.69) is 67.3 Å². The fourth-order valence-electron chi connectivity index (χ4n) is 9.78. The van der Waals surface area contributed by atoms with Gasteiger partial charge in [0.1, 0.15) is 24.6 Å². The average molecular weight is 636 g/mol. The van der Waals surface area contributed by atoms with Crippen molar-refractivity contribution >= 4 is 11.9 Å². The molecule has 6 nitrogen and oxygen atoms in total. The first-order valence-electron chi connectivity index (χ1n) is 18.0. The Morgan fingerprint density at radius 2 is 1.43 bits per heavy atom. The van der Waals surface area contributed by atoms with Gasteiger partial charge in [0, 0.05) is 30.7 Å². The number of benzene rings is 3. The maximum Gasteiger partial charge on any atom is 0.410 e. The third-order valence-electron chi connectivity index (χ3n) is 11.5. The summed E-state index contributed by atoms with van der Waals surface area (Å²) in [5.41, 5.74) is 2.43. The Balaban J connectivity index is 1.30. The summed E-state index contributed by atoms with van der Waals surface area (Å²) >= 11 is 0. The van der Waals surface area contributed by atoms with Crippen LogP contribution in [0, 0.1) is 17.8 Å². The minimum absolute atomic E-state index is 0.0831. The monoisotopic (exact) mass is 635 g/mol. The number of amides is 1. The van der Waals surface area contributed by atoms with Crippen molar-refractivity contribution in [2.75, 3.05) is 0 Å². The van der Waals surface area contributed by atoms with Crippen LogP contribution in [0.1, 0.15) is 107 Å². The third kappa shape index (κ3) is 5.61. The molecular formula is C41H49NO5. The number of ketones is 1. The van der Waals surface area contributed by atoms with Crippen molar-refractivity contribution < 1.29 is 23.8 Å². The SMILES string of the molecule is CCCCC[C@@H]1CC(=O)[C@H]2C(CCC)[C@@H]3C4(CCC[C@]32N1C(=O)OCc1ccccc1)O[C@H](c1ccccc1)[C@@H](c1ccccc1)O4. The molecule has 3 aromatic carbocycles. The average Bonchev–Trinajstić information content (AvgIpc) is 3.46. The molecule has 2 aliphatic heterocycles. The van der Waals surface area contributed by atoms with Crippen LogP contribution in [0.3, 0.4) is 0 Å². The molecule has 7 rings (SSSR count). The van der Waals surface area contributed by atoms with E-state index in [9.17, 15) is 9.59 Å². The highest BCUT2D eigenvalue weighted by Gasteiger charge is 2.78. The van der Waals surface area contributed by atoms with Crippen molar-refractivity contribution in [2.45, 2.75) is 114 Å². The smallest absolute Gasteiger partial charge is 0.410 e. The van der Waals surface area contributed by atoms with E-state index in [1.165, 1.54) is 0 Å². The molecule has 1 amide bonds. The van der Waals surface area contributed by atoms with Crippen LogP contribution in [0.4, 0.5) is 4.79 Å². The summed E-state index contributed by atoms with van der Waals surface area (Å²) in [4.78, 5) is 30.9. The van der Waals surface area contributed by atoms with Crippen LogP contribution >= 0.6 is 0 Å². The van der Waals surface area contributed by atoms with Crippen molar-refractivity contribution in [1.82, 2.24) is 4.90 Å². The second kappa shape index (κ2) is 13.6. The van der Waals surface area contributed by atoms with Crippen molar-refractivity contribution in [3.63, 3.8) is 0 Å². The molecular weight excluding hydrogens is 586 g/mol. The number of ether oxygens (including phenoxy) is 3. The first-order chi connectivity index (χ1) is 23.0. The Kier molecular flexibility index (Phi) is 9.26. The highest BCUT2D eigenvalue weighted by atomic mass is 16.8. The first-order valence-corrected chi connectivity index (χ1v) is 18.0. The molecule has 3 aromatic rings. The van der Waals surface area contributed by atoms with E-state index >= 15 is 0 Å². The Morgan fingerprint density at radius 1 is 0.809 bits per heavy atom. The lowest BCUT2D eigenvalue weighted by Gasteiger charge is -2.72. The van der Waals surface area contributed by atoms with Gasteiger partial charge in [-0.25, -0.2) is 4.79 Å². The molecule has 0 radical (unpaired) electrons. The summed E-state index contributed by atoms with van der Waals surface area (Å²) < 4.78 is 20.8. The molecule has 248 valence electrons. The lowest BCUT2D eigenvalue weighted by atomic mass is 9.41. The molecule has 0 aromatic heterocycles. The van der Waals surface area contributed by atoms with Crippen LogP contribution in [0.25, 0.3) is 0 Å². The summed E-state index contributed by atoms with van der Waals surface area (Å²) in [5.74, 6) is -0.883. The van der Waals surface area contributed by atoms with E-state index < -0.39 is 11.3 Å². The number of likely N-dealkylation sites (tertiary alicyclic amines) is 1. The van der Waals surface area contributed by atoms with E-state index in [1.54, 1.807) is 0 Å². The lowest BCUT2D eigenvalue weighted by molar-refractivity contribution is -0.329. The zero-order chi connectivity index (χ0) is 32.4. The molecule has 7 atom stereocenters. The number of rotatable bonds is 10. The Bertz CT molecular complexity index is 1470. The molecule has 4 aliphatic rings. The topological polar surface area (TPSA) is 65.1 Å². The number of Topliss-reactive ketones (excluding diaryl/α,β-unsaturated/α-hetero) is 1. The largest absolute Gasteiger partial charge is 0.445 e. The lowest BCUT2D eigenvalue weighted by Crippen LogP contribution is -2.83. The molecule has 0 N–H and O–H groups in total. The molecule has 2 aliphatic carbocycles. The molecule has 6 heteroatoms. The number of fused-ring (bicyclic) bond motifs is 1. The van der Waals surface area contributed by atoms with Gasteiger partial charge in [-0.05, 0) is 48.3 Å². The van der Waals surface area contributed by atoms with E-state index in [1.807, 2.05) is 42.5 Å². The maximum atomic E-state index is 14.5. The van der Waals surface area contributed by atoms with E-state index in [4.69, 9.17) is 14.2 Å². The van der Waals surface area contributed by atoms with E-state index in [-0.39, 0.29) is 48.7 Å². The first kappa shape index (κ1) is 32.1. The molecule has 2 heterocycles. The quantitative estimate of drug-likeness (QED) is 0.208. The Labute approximate surface area is 279 Å². The van der Waals surface area contributed by atoms with Gasteiger partial charge in [-0.1, -0.05) is 131 Å². The summed E-state index contributed by atoms with van der Waals surface area (Å²) in [5, 5.41) is 0. The zero-order valence-corrected chi connectivity index (χ0v) is 27.9. The number of hydrogen-bond acceptors (Lipinski definition) is 5. The molecule has 2 saturated heterocycles. The summed E-state index contributed by atoms with van der Waals surface area (Å²) in [6, 6.07) is 30.4. The number of carbonyl (C=O) groups is 2. The summed E-state index contributed by atoms with van der Waals surface area (Å²) in [7, 11) is 0. The number of unbranched alkanes of at least 4 members (excludes halogenated alkanes) is 2. The van der Waals surface area contributed by atoms with Crippen molar-refractivity contribution in [1.29, 1.82) is 0 Å². The third-order valence-corrected chi connectivity index (χ3v) is 11.5. The maximum absolute atomic E-state index is 14.5. The Morgan fingerprint density at radius 3 is 2.02 bits per heavy atom. The molecule has 0 bridgehead atoms. The van der Waals surface area contributed by atoms with Gasteiger partial charge in [-0.15, -0.1) is 0 Å². The fraction of sp³-hybridized carbons (Fsp3) is 0.512. The number of carbonyl (C=O) groups excluding carboxylic acids is 2.